The van der Waals surface area contributed by atoms with E-state index in [1.54, 1.807) is 38.0 Å². The van der Waals surface area contributed by atoms with Gasteiger partial charge in [0.2, 0.25) is 24.4 Å². The number of hydrogen-bond acceptors (Lipinski definition) is 20. The number of hydrogen-bond donors (Lipinski definition) is 2. The van der Waals surface area contributed by atoms with Crippen molar-refractivity contribution >= 4 is 80.8 Å². The van der Waals surface area contributed by atoms with Crippen molar-refractivity contribution in [2.24, 2.45) is 40.4 Å². The molecule has 512 valence electrons. The number of amides is 2. The van der Waals surface area contributed by atoms with Gasteiger partial charge in [-0.15, -0.1) is 0 Å². The fourth-order valence-electron chi connectivity index (χ4n) is 17.4. The number of ketones is 2. The van der Waals surface area contributed by atoms with Gasteiger partial charge >= 0.3 is 36.1 Å². The molecule has 3 saturated heterocycles. The zero-order chi connectivity index (χ0) is 68.0. The molecule has 6 unspecified atom stereocenters. The van der Waals surface area contributed by atoms with Crippen LogP contribution in [0.25, 0.3) is 21.8 Å². The largest absolute Gasteiger partial charge is 0.492 e. The van der Waals surface area contributed by atoms with E-state index in [9.17, 15) is 58.2 Å². The molecule has 0 bridgehead atoms. The molecule has 13 rings (SSSR count). The maximum atomic E-state index is 16.7. The summed E-state index contributed by atoms with van der Waals surface area (Å²) in [6, 6.07) is 0.673. The summed E-state index contributed by atoms with van der Waals surface area (Å²) in [4.78, 5) is 138. The summed E-state index contributed by atoms with van der Waals surface area (Å²) in [5.41, 5.74) is -1.95. The number of piperidine rings is 1. The molecule has 6 aliphatic carbocycles. The summed E-state index contributed by atoms with van der Waals surface area (Å²) in [6.45, 7) is 4.60. The Morgan fingerprint density at radius 2 is 1.28 bits per heavy atom. The highest BCUT2D eigenvalue weighted by Crippen LogP contribution is 2.66. The number of aromatic nitrogens is 2. The standard InChI is InChI=1S/C69H78F2N6O19/c1-35-27-72(21-22-74(35)66(88)95-33-93-54(82)17-16-53(81)92-32-52(80)47-15-14-46-41-13-8-37-23-40(78)18-19-68(37,2)55(41)51(79)26-69(46,47)3)58-48(70)25-43-57(62(58)90-4)77(39-11-12-39)30-45(61(43)84)65(87)94-34-96-67(89)75-20-6-7-36-28-73(31-50(36)75)59-49(71)24-42-56(63(59)91-5)76(38-9-10-38)29-44(60(42)83)64(85)86/h18-19,23-25,29-30,35-36,38-39,41,46-47,50-51,55,79H,6-17,20-22,26-28,31-34H2,1-5H3,(H,85,86)/t35?,36?,41?,46?,47-,50?,51+,55?,68+,69+/m1/s1. The van der Waals surface area contributed by atoms with Crippen molar-refractivity contribution in [2.45, 2.75) is 135 Å². The average Bonchev–Trinajstić information content (AvgIpc) is 0.755. The van der Waals surface area contributed by atoms with Gasteiger partial charge in [0.15, 0.2) is 34.7 Å². The van der Waals surface area contributed by atoms with E-state index in [2.05, 4.69) is 13.8 Å². The molecule has 3 aliphatic heterocycles. The fraction of sp³-hybridized carbons (Fsp3) is 0.565. The van der Waals surface area contributed by atoms with Crippen molar-refractivity contribution in [1.29, 1.82) is 0 Å². The molecule has 2 aromatic carbocycles. The fourth-order valence-corrected chi connectivity index (χ4v) is 17.4. The second-order valence-electron chi connectivity index (χ2n) is 27.7. The molecular formula is C69H78F2N6O19. The monoisotopic (exact) mass is 1330 g/mol. The van der Waals surface area contributed by atoms with Crippen LogP contribution in [0, 0.1) is 52.1 Å². The number of aromatic carboxylic acids is 1. The minimum absolute atomic E-state index is 0.00666. The van der Waals surface area contributed by atoms with Crippen molar-refractivity contribution in [2.75, 3.05) is 83.5 Å². The van der Waals surface area contributed by atoms with Crippen LogP contribution in [0.3, 0.4) is 0 Å². The van der Waals surface area contributed by atoms with E-state index in [-0.39, 0.29) is 125 Å². The summed E-state index contributed by atoms with van der Waals surface area (Å²) < 4.78 is 74.6. The first-order chi connectivity index (χ1) is 45.9. The Hall–Kier alpha value is -8.88. The minimum atomic E-state index is -1.43. The Morgan fingerprint density at radius 1 is 0.677 bits per heavy atom. The molecule has 2 amide bonds. The molecule has 2 aromatic heterocycles. The van der Waals surface area contributed by atoms with Gasteiger partial charge in [-0.2, -0.15) is 0 Å². The average molecular weight is 1330 g/mol. The van der Waals surface area contributed by atoms with Gasteiger partial charge in [-0.1, -0.05) is 25.5 Å². The number of ether oxygens (including phenoxy) is 7. The third-order valence-corrected chi connectivity index (χ3v) is 22.2. The molecule has 5 heterocycles. The summed E-state index contributed by atoms with van der Waals surface area (Å²) in [7, 11) is 2.67. The van der Waals surface area contributed by atoms with Gasteiger partial charge in [0.05, 0.1) is 61.0 Å². The lowest BCUT2D eigenvalue weighted by molar-refractivity contribution is -0.158. The second-order valence-corrected chi connectivity index (χ2v) is 27.7. The number of methoxy groups -OCH3 is 2. The van der Waals surface area contributed by atoms with Crippen LogP contribution in [0.2, 0.25) is 0 Å². The van der Waals surface area contributed by atoms with Gasteiger partial charge in [-0.25, -0.2) is 28.0 Å². The van der Waals surface area contributed by atoms with Crippen LogP contribution in [0.5, 0.6) is 11.5 Å². The highest BCUT2D eigenvalue weighted by Gasteiger charge is 2.63. The number of allylic oxidation sites excluding steroid dienone is 4. The van der Waals surface area contributed by atoms with Crippen LogP contribution in [-0.4, -0.2) is 169 Å². The molecule has 27 heteroatoms. The first kappa shape index (κ1) is 65.8. The third kappa shape index (κ3) is 11.7. The SMILES string of the molecule is COc1c(N2CC3CCCN(C(=O)OCOC(=O)c4cn(C5CC5)c5c(OC)c(N6CCN(C(=O)OCOC(=O)CCC(=O)OCC(=O)[C@H]7CCC8C9CCC%10=CC(=O)C=C[C@]%10(C)C9[C@@H](O)C[C@@]87C)C(C)C6)c(F)cc5c4=O)C3C2)c(F)cc2c(=O)c(C(=O)O)cn(C3CC3)c12. The van der Waals surface area contributed by atoms with Crippen molar-refractivity contribution in [3.8, 4) is 11.5 Å². The normalized spacial score (nSPS) is 27.5. The number of nitrogens with zero attached hydrogens (tertiary/aromatic N) is 6. The van der Waals surface area contributed by atoms with Crippen LogP contribution in [-0.2, 0) is 42.9 Å². The molecule has 4 aromatic rings. The highest BCUT2D eigenvalue weighted by atomic mass is 19.1. The Balaban J connectivity index is 0.585. The maximum Gasteiger partial charge on any atom is 0.413 e. The van der Waals surface area contributed by atoms with E-state index >= 15 is 8.78 Å². The van der Waals surface area contributed by atoms with E-state index < -0.39 is 138 Å². The van der Waals surface area contributed by atoms with E-state index in [4.69, 9.17) is 33.2 Å². The number of carbonyl (C=O) groups is 8. The van der Waals surface area contributed by atoms with Crippen LogP contribution in [0.15, 0.2) is 57.9 Å². The molecular weight excluding hydrogens is 1250 g/mol. The number of carbonyl (C=O) groups excluding carboxylic acids is 7. The molecule has 10 atom stereocenters. The number of rotatable bonds is 18. The van der Waals surface area contributed by atoms with E-state index in [1.807, 2.05) is 6.08 Å². The number of aliphatic hydroxyl groups excluding tert-OH is 1. The Labute approximate surface area is 549 Å². The zero-order valence-corrected chi connectivity index (χ0v) is 54.1. The second kappa shape index (κ2) is 25.6. The number of likely N-dealkylation sites (tertiary alicyclic amines) is 1. The molecule has 9 aliphatic rings. The van der Waals surface area contributed by atoms with Crippen LogP contribution >= 0.6 is 0 Å². The maximum absolute atomic E-state index is 16.7. The Morgan fingerprint density at radius 3 is 1.91 bits per heavy atom. The lowest BCUT2D eigenvalue weighted by Crippen LogP contribution is -2.56. The van der Waals surface area contributed by atoms with Crippen molar-refractivity contribution in [3.05, 3.63) is 91.5 Å². The first-order valence-electron chi connectivity index (χ1n) is 33.1. The van der Waals surface area contributed by atoms with Gasteiger partial charge in [-0.3, -0.25) is 28.8 Å². The number of Topliss-reactive ketones (excluding diaryl/α,β-unsaturated/α-hetero) is 1. The summed E-state index contributed by atoms with van der Waals surface area (Å²) in [6.07, 6.45) is 12.1. The Bertz CT molecular complexity index is 4120. The molecule has 2 N–H and O–H groups in total. The summed E-state index contributed by atoms with van der Waals surface area (Å²) in [5.74, 6) is -6.38. The highest BCUT2D eigenvalue weighted by molar-refractivity contribution is 6.02. The molecule has 25 nitrogen and oxygen atoms in total. The number of halogens is 2. The number of carboxylic acids is 1. The van der Waals surface area contributed by atoms with Crippen molar-refractivity contribution < 1.29 is 90.5 Å². The quantitative estimate of drug-likeness (QED) is 0.0546. The summed E-state index contributed by atoms with van der Waals surface area (Å²) in [5, 5.41) is 21.2. The first-order valence-corrected chi connectivity index (χ1v) is 33.1. The lowest BCUT2D eigenvalue weighted by Gasteiger charge is -2.58. The molecule has 8 fully saturated rings. The molecule has 0 radical (unpaired) electrons. The predicted molar refractivity (Wildman–Crippen MR) is 338 cm³/mol. The Kier molecular flexibility index (Phi) is 17.5. The smallest absolute Gasteiger partial charge is 0.413 e. The number of pyridine rings is 2. The third-order valence-electron chi connectivity index (χ3n) is 22.2. The van der Waals surface area contributed by atoms with Gasteiger partial charge < -0.3 is 72.1 Å². The van der Waals surface area contributed by atoms with Crippen LogP contribution < -0.4 is 30.1 Å². The molecule has 5 saturated carbocycles. The van der Waals surface area contributed by atoms with E-state index in [0.717, 1.165) is 49.8 Å². The van der Waals surface area contributed by atoms with Gasteiger partial charge in [0, 0.05) is 87.0 Å². The van der Waals surface area contributed by atoms with Crippen molar-refractivity contribution in [3.63, 3.8) is 0 Å². The van der Waals surface area contributed by atoms with Gasteiger partial charge in [0.25, 0.3) is 0 Å². The number of esters is 3. The van der Waals surface area contributed by atoms with Gasteiger partial charge in [0.1, 0.15) is 29.1 Å². The predicted octanol–water partition coefficient (Wildman–Crippen LogP) is 7.77. The van der Waals surface area contributed by atoms with Crippen molar-refractivity contribution in [1.82, 2.24) is 18.9 Å². The minimum Gasteiger partial charge on any atom is -0.492 e. The summed E-state index contributed by atoms with van der Waals surface area (Å²) >= 11 is 0. The van der Waals surface area contributed by atoms with E-state index in [0.29, 0.717) is 45.1 Å². The number of piperazine rings is 1. The number of fused-ring (bicyclic) bond motifs is 8. The number of aliphatic hydroxyl groups is 1. The van der Waals surface area contributed by atoms with Crippen LogP contribution in [0.4, 0.5) is 29.7 Å². The number of anilines is 2. The molecule has 96 heavy (non-hydrogen) atoms. The van der Waals surface area contributed by atoms with Gasteiger partial charge in [-0.05, 0) is 125 Å². The topological polar surface area (TPSA) is 299 Å². The van der Waals surface area contributed by atoms with E-state index in [1.165, 1.54) is 36.4 Å². The number of carboxylic acid groups (broad SMARTS) is 1. The zero-order valence-electron chi connectivity index (χ0n) is 54.1. The molecule has 0 spiro atoms. The number of benzene rings is 2. The lowest BCUT2D eigenvalue weighted by atomic mass is 9.46. The van der Waals surface area contributed by atoms with Crippen LogP contribution in [0.1, 0.15) is 137 Å².